The molecule has 90 valence electrons. The highest BCUT2D eigenvalue weighted by molar-refractivity contribution is 9.10. The van der Waals surface area contributed by atoms with E-state index in [1.165, 1.54) is 0 Å². The van der Waals surface area contributed by atoms with Crippen LogP contribution in [0.2, 0.25) is 0 Å². The van der Waals surface area contributed by atoms with Crippen LogP contribution in [0.1, 0.15) is 11.3 Å². The molecular weight excluding hydrogens is 305 g/mol. The molecule has 0 aliphatic heterocycles. The van der Waals surface area contributed by atoms with Gasteiger partial charge in [-0.1, -0.05) is 21.1 Å². The van der Waals surface area contributed by atoms with Gasteiger partial charge in [-0.2, -0.15) is 0 Å². The van der Waals surface area contributed by atoms with E-state index in [4.69, 9.17) is 16.3 Å². The molecule has 0 atom stereocenters. The van der Waals surface area contributed by atoms with Crippen molar-refractivity contribution in [2.24, 2.45) is 0 Å². The zero-order valence-electron chi connectivity index (χ0n) is 9.23. The van der Waals surface area contributed by atoms with Gasteiger partial charge in [0.15, 0.2) is 0 Å². The van der Waals surface area contributed by atoms with Gasteiger partial charge in [0.2, 0.25) is 0 Å². The molecule has 1 aromatic heterocycles. The van der Waals surface area contributed by atoms with E-state index >= 15 is 0 Å². The second-order valence-corrected chi connectivity index (χ2v) is 4.62. The van der Waals surface area contributed by atoms with Gasteiger partial charge < -0.3 is 4.74 Å². The largest absolute Gasteiger partial charge is 0.497 e. The quantitative estimate of drug-likeness (QED) is 0.814. The Morgan fingerprint density at radius 3 is 2.94 bits per heavy atom. The highest BCUT2D eigenvalue weighted by Gasteiger charge is 2.05. The molecule has 0 N–H and O–H groups in total. The van der Waals surface area contributed by atoms with Gasteiger partial charge in [-0.25, -0.2) is 4.68 Å². The Morgan fingerprint density at radius 2 is 2.29 bits per heavy atom. The molecule has 0 spiro atoms. The number of benzene rings is 1. The average Bonchev–Trinajstić information content (AvgIpc) is 2.80. The van der Waals surface area contributed by atoms with Gasteiger partial charge >= 0.3 is 0 Å². The van der Waals surface area contributed by atoms with Crippen molar-refractivity contribution in [1.82, 2.24) is 15.0 Å². The molecule has 0 radical (unpaired) electrons. The van der Waals surface area contributed by atoms with E-state index in [1.54, 1.807) is 11.8 Å². The van der Waals surface area contributed by atoms with Gasteiger partial charge in [0.1, 0.15) is 5.75 Å². The first-order chi connectivity index (χ1) is 8.22. The third-order valence-corrected chi connectivity index (χ3v) is 3.36. The monoisotopic (exact) mass is 315 g/mol. The van der Waals surface area contributed by atoms with Crippen molar-refractivity contribution in [1.29, 1.82) is 0 Å². The predicted octanol–water partition coefficient (Wildman–Crippen LogP) is 2.84. The van der Waals surface area contributed by atoms with E-state index in [9.17, 15) is 0 Å². The van der Waals surface area contributed by atoms with Crippen LogP contribution in [0.3, 0.4) is 0 Å². The number of aromatic nitrogens is 3. The Hall–Kier alpha value is -1.07. The fraction of sp³-hybridized carbons (Fsp3) is 0.273. The first-order valence-electron chi connectivity index (χ1n) is 5.00. The number of nitrogens with zero attached hydrogens (tertiary/aromatic N) is 3. The van der Waals surface area contributed by atoms with Crippen LogP contribution in [0.5, 0.6) is 5.75 Å². The number of hydrogen-bond acceptors (Lipinski definition) is 3. The van der Waals surface area contributed by atoms with Gasteiger partial charge in [-0.05, 0) is 23.8 Å². The summed E-state index contributed by atoms with van der Waals surface area (Å²) >= 11 is 9.17. The number of methoxy groups -OCH3 is 1. The van der Waals surface area contributed by atoms with Gasteiger partial charge in [0.05, 0.1) is 31.4 Å². The van der Waals surface area contributed by atoms with Crippen LogP contribution < -0.4 is 4.74 Å². The van der Waals surface area contributed by atoms with Crippen molar-refractivity contribution in [2.45, 2.75) is 12.4 Å². The van der Waals surface area contributed by atoms with Crippen LogP contribution in [-0.2, 0) is 12.4 Å². The lowest BCUT2D eigenvalue weighted by Gasteiger charge is -2.06. The van der Waals surface area contributed by atoms with Crippen molar-refractivity contribution in [3.63, 3.8) is 0 Å². The first kappa shape index (κ1) is 12.4. The van der Waals surface area contributed by atoms with Gasteiger partial charge in [-0.15, -0.1) is 16.7 Å². The Balaban J connectivity index is 2.22. The minimum atomic E-state index is 0.374. The second kappa shape index (κ2) is 5.51. The number of rotatable bonds is 4. The Kier molecular flexibility index (Phi) is 4.02. The molecule has 0 bridgehead atoms. The third kappa shape index (κ3) is 2.98. The minimum Gasteiger partial charge on any atom is -0.497 e. The van der Waals surface area contributed by atoms with E-state index in [0.717, 1.165) is 21.5 Å². The molecule has 6 heteroatoms. The van der Waals surface area contributed by atoms with Gasteiger partial charge in [0, 0.05) is 4.47 Å². The summed E-state index contributed by atoms with van der Waals surface area (Å²) in [5.74, 6) is 1.19. The molecule has 1 heterocycles. The maximum Gasteiger partial charge on any atom is 0.119 e. The van der Waals surface area contributed by atoms with Crippen LogP contribution >= 0.6 is 27.5 Å². The van der Waals surface area contributed by atoms with Crippen molar-refractivity contribution in [3.05, 3.63) is 40.1 Å². The van der Waals surface area contributed by atoms with E-state index < -0.39 is 0 Å². The molecule has 0 fully saturated rings. The van der Waals surface area contributed by atoms with Crippen molar-refractivity contribution >= 4 is 27.5 Å². The zero-order chi connectivity index (χ0) is 12.3. The van der Waals surface area contributed by atoms with E-state index in [2.05, 4.69) is 26.2 Å². The fourth-order valence-corrected chi connectivity index (χ4v) is 1.95. The maximum atomic E-state index is 5.68. The molecule has 4 nitrogen and oxygen atoms in total. The Bertz CT molecular complexity index is 515. The Labute approximate surface area is 113 Å². The lowest BCUT2D eigenvalue weighted by atomic mass is 10.2. The summed E-state index contributed by atoms with van der Waals surface area (Å²) in [6.07, 6.45) is 1.83. The molecule has 0 unspecified atom stereocenters. The number of hydrogen-bond donors (Lipinski definition) is 0. The molecule has 0 aliphatic rings. The zero-order valence-corrected chi connectivity index (χ0v) is 11.6. The van der Waals surface area contributed by atoms with Crippen LogP contribution in [0.15, 0.2) is 28.9 Å². The topological polar surface area (TPSA) is 39.9 Å². The van der Waals surface area contributed by atoms with Gasteiger partial charge in [0.25, 0.3) is 0 Å². The standard InChI is InChI=1S/C11H11BrClN3O/c1-17-10-2-3-11(12)8(4-10)6-16-7-9(5-13)14-15-16/h2-4,7H,5-6H2,1H3. The molecule has 0 saturated carbocycles. The molecular formula is C11H11BrClN3O. The molecule has 2 aromatic rings. The normalized spacial score (nSPS) is 10.5. The van der Waals surface area contributed by atoms with E-state index in [1.807, 2.05) is 24.4 Å². The molecule has 0 amide bonds. The van der Waals surface area contributed by atoms with Crippen LogP contribution in [0.25, 0.3) is 0 Å². The molecule has 0 saturated heterocycles. The smallest absolute Gasteiger partial charge is 0.119 e. The van der Waals surface area contributed by atoms with Crippen LogP contribution in [-0.4, -0.2) is 22.1 Å². The molecule has 1 aromatic carbocycles. The minimum absolute atomic E-state index is 0.374. The summed E-state index contributed by atoms with van der Waals surface area (Å²) in [7, 11) is 1.65. The summed E-state index contributed by atoms with van der Waals surface area (Å²) in [4.78, 5) is 0. The lowest BCUT2D eigenvalue weighted by molar-refractivity contribution is 0.414. The summed E-state index contributed by atoms with van der Waals surface area (Å²) in [5.41, 5.74) is 1.85. The molecule has 0 aliphatic carbocycles. The molecule has 2 rings (SSSR count). The summed E-state index contributed by atoms with van der Waals surface area (Å²) in [6.45, 7) is 0.627. The van der Waals surface area contributed by atoms with Crippen molar-refractivity contribution < 1.29 is 4.74 Å². The summed E-state index contributed by atoms with van der Waals surface area (Å²) < 4.78 is 7.95. The number of alkyl halides is 1. The van der Waals surface area contributed by atoms with E-state index in [-0.39, 0.29) is 0 Å². The third-order valence-electron chi connectivity index (χ3n) is 2.31. The lowest BCUT2D eigenvalue weighted by Crippen LogP contribution is -2.01. The summed E-state index contributed by atoms with van der Waals surface area (Å²) in [6, 6.07) is 5.82. The van der Waals surface area contributed by atoms with Crippen molar-refractivity contribution in [3.8, 4) is 5.75 Å². The van der Waals surface area contributed by atoms with Crippen LogP contribution in [0, 0.1) is 0 Å². The average molecular weight is 317 g/mol. The predicted molar refractivity (Wildman–Crippen MR) is 69.4 cm³/mol. The SMILES string of the molecule is COc1ccc(Br)c(Cn2cc(CCl)nn2)c1. The Morgan fingerprint density at radius 1 is 1.47 bits per heavy atom. The summed E-state index contributed by atoms with van der Waals surface area (Å²) in [5, 5.41) is 7.94. The maximum absolute atomic E-state index is 5.68. The highest BCUT2D eigenvalue weighted by atomic mass is 79.9. The van der Waals surface area contributed by atoms with Crippen molar-refractivity contribution in [2.75, 3.05) is 7.11 Å². The van der Waals surface area contributed by atoms with Crippen LogP contribution in [0.4, 0.5) is 0 Å². The first-order valence-corrected chi connectivity index (χ1v) is 6.33. The number of halogens is 2. The highest BCUT2D eigenvalue weighted by Crippen LogP contribution is 2.23. The number of ether oxygens (including phenoxy) is 1. The fourth-order valence-electron chi connectivity index (χ4n) is 1.45. The van der Waals surface area contributed by atoms with E-state index in [0.29, 0.717) is 12.4 Å². The second-order valence-electron chi connectivity index (χ2n) is 3.50. The molecule has 17 heavy (non-hydrogen) atoms. The van der Waals surface area contributed by atoms with Gasteiger partial charge in [-0.3, -0.25) is 0 Å².